The van der Waals surface area contributed by atoms with E-state index in [4.69, 9.17) is 11.6 Å². The van der Waals surface area contributed by atoms with Crippen LogP contribution >= 0.6 is 11.6 Å². The van der Waals surface area contributed by atoms with Gasteiger partial charge in [0.25, 0.3) is 0 Å². The lowest BCUT2D eigenvalue weighted by Crippen LogP contribution is -2.00. The molecule has 18 heavy (non-hydrogen) atoms. The second-order valence-electron chi connectivity index (χ2n) is 4.30. The first-order valence-corrected chi connectivity index (χ1v) is 6.08. The molecule has 92 valence electrons. The number of halogens is 1. The minimum Gasteiger partial charge on any atom is -0.618 e. The van der Waals surface area contributed by atoms with Gasteiger partial charge in [0, 0.05) is 22.2 Å². The Morgan fingerprint density at radius 2 is 1.72 bits per heavy atom. The highest BCUT2D eigenvalue weighted by atomic mass is 35.5. The fourth-order valence-corrected chi connectivity index (χ4v) is 1.93. The standard InChI is InChI=1S/C15H14ClNO/c1-11-3-8-15(12(2)9-11)17(18)10-13-4-6-14(16)7-5-13/h3-10H,1-2H3. The number of hydrogen-bond acceptors (Lipinski definition) is 1. The molecule has 0 saturated carbocycles. The fourth-order valence-electron chi connectivity index (χ4n) is 1.81. The lowest BCUT2D eigenvalue weighted by atomic mass is 10.1. The van der Waals surface area contributed by atoms with Gasteiger partial charge in [-0.2, -0.15) is 4.74 Å². The summed E-state index contributed by atoms with van der Waals surface area (Å²) < 4.78 is 0.887. The minimum atomic E-state index is 0.663. The molecule has 3 heteroatoms. The molecule has 0 radical (unpaired) electrons. The third-order valence-electron chi connectivity index (χ3n) is 2.73. The zero-order chi connectivity index (χ0) is 13.1. The highest BCUT2D eigenvalue weighted by Gasteiger charge is 2.06. The Hall–Kier alpha value is -1.80. The molecule has 0 bridgehead atoms. The molecule has 2 aromatic rings. The van der Waals surface area contributed by atoms with Gasteiger partial charge in [0.2, 0.25) is 5.69 Å². The van der Waals surface area contributed by atoms with Gasteiger partial charge in [-0.25, -0.2) is 0 Å². The number of aryl methyl sites for hydroxylation is 2. The molecule has 0 fully saturated rings. The van der Waals surface area contributed by atoms with Crippen molar-refractivity contribution in [3.8, 4) is 0 Å². The first-order valence-electron chi connectivity index (χ1n) is 5.70. The van der Waals surface area contributed by atoms with Gasteiger partial charge in [-0.15, -0.1) is 0 Å². The molecular formula is C15H14ClNO. The Balaban J connectivity index is 2.35. The molecule has 0 spiro atoms. The predicted octanol–water partition coefficient (Wildman–Crippen LogP) is 4.22. The van der Waals surface area contributed by atoms with Gasteiger partial charge < -0.3 is 5.21 Å². The zero-order valence-corrected chi connectivity index (χ0v) is 11.1. The van der Waals surface area contributed by atoms with Crippen LogP contribution in [-0.2, 0) is 0 Å². The second-order valence-corrected chi connectivity index (χ2v) is 4.73. The molecule has 0 N–H and O–H groups in total. The molecule has 2 rings (SSSR count). The molecule has 0 amide bonds. The summed E-state index contributed by atoms with van der Waals surface area (Å²) in [5.74, 6) is 0. The van der Waals surface area contributed by atoms with E-state index in [1.165, 1.54) is 0 Å². The van der Waals surface area contributed by atoms with Crippen molar-refractivity contribution in [2.45, 2.75) is 13.8 Å². The summed E-state index contributed by atoms with van der Waals surface area (Å²) in [4.78, 5) is 0. The summed E-state index contributed by atoms with van der Waals surface area (Å²) in [6.07, 6.45) is 1.55. The van der Waals surface area contributed by atoms with E-state index in [2.05, 4.69) is 0 Å². The van der Waals surface area contributed by atoms with Crippen molar-refractivity contribution in [2.24, 2.45) is 0 Å². The summed E-state index contributed by atoms with van der Waals surface area (Å²) in [7, 11) is 0. The molecular weight excluding hydrogens is 246 g/mol. The van der Waals surface area contributed by atoms with E-state index >= 15 is 0 Å². The highest BCUT2D eigenvalue weighted by molar-refractivity contribution is 6.30. The maximum absolute atomic E-state index is 12.1. The number of rotatable bonds is 2. The summed E-state index contributed by atoms with van der Waals surface area (Å²) in [5, 5.41) is 12.7. The highest BCUT2D eigenvalue weighted by Crippen LogP contribution is 2.19. The third-order valence-corrected chi connectivity index (χ3v) is 2.98. The van der Waals surface area contributed by atoms with E-state index in [1.54, 1.807) is 18.3 Å². The Kier molecular flexibility index (Phi) is 3.68. The first-order chi connectivity index (χ1) is 8.56. The van der Waals surface area contributed by atoms with E-state index in [-0.39, 0.29) is 0 Å². The normalized spacial score (nSPS) is 11.6. The molecule has 2 nitrogen and oxygen atoms in total. The Morgan fingerprint density at radius 1 is 1.06 bits per heavy atom. The number of nitrogens with zero attached hydrogens (tertiary/aromatic N) is 1. The largest absolute Gasteiger partial charge is 0.618 e. The van der Waals surface area contributed by atoms with Gasteiger partial charge in [0.15, 0.2) is 6.21 Å². The van der Waals surface area contributed by atoms with E-state index in [1.807, 2.05) is 44.2 Å². The molecule has 0 aliphatic rings. The molecule has 2 aromatic carbocycles. The van der Waals surface area contributed by atoms with Crippen LogP contribution in [0.2, 0.25) is 5.02 Å². The van der Waals surface area contributed by atoms with Crippen molar-refractivity contribution < 1.29 is 4.74 Å². The average Bonchev–Trinajstić information content (AvgIpc) is 2.32. The van der Waals surface area contributed by atoms with Gasteiger partial charge in [-0.1, -0.05) is 23.2 Å². The second kappa shape index (κ2) is 5.23. The molecule has 0 atom stereocenters. The van der Waals surface area contributed by atoms with Crippen LogP contribution in [0.1, 0.15) is 16.7 Å². The quantitative estimate of drug-likeness (QED) is 0.343. The smallest absolute Gasteiger partial charge is 0.219 e. The van der Waals surface area contributed by atoms with Gasteiger partial charge in [0.1, 0.15) is 0 Å². The fraction of sp³-hybridized carbons (Fsp3) is 0.133. The van der Waals surface area contributed by atoms with Gasteiger partial charge >= 0.3 is 0 Å². The van der Waals surface area contributed by atoms with Gasteiger partial charge in [0.05, 0.1) is 0 Å². The van der Waals surface area contributed by atoms with Crippen LogP contribution in [-0.4, -0.2) is 11.0 Å². The van der Waals surface area contributed by atoms with Crippen molar-refractivity contribution in [1.82, 2.24) is 0 Å². The predicted molar refractivity (Wildman–Crippen MR) is 75.8 cm³/mol. The lowest BCUT2D eigenvalue weighted by molar-refractivity contribution is -0.355. The van der Waals surface area contributed by atoms with E-state index < -0.39 is 0 Å². The Bertz CT molecular complexity index is 588. The van der Waals surface area contributed by atoms with Crippen molar-refractivity contribution in [2.75, 3.05) is 0 Å². The average molecular weight is 260 g/mol. The van der Waals surface area contributed by atoms with Crippen LogP contribution in [0.4, 0.5) is 5.69 Å². The first kappa shape index (κ1) is 12.7. The van der Waals surface area contributed by atoms with E-state index in [9.17, 15) is 5.21 Å². The zero-order valence-electron chi connectivity index (χ0n) is 10.4. The van der Waals surface area contributed by atoms with Gasteiger partial charge in [-0.3, -0.25) is 0 Å². The molecule has 0 heterocycles. The topological polar surface area (TPSA) is 26.1 Å². The maximum Gasteiger partial charge on any atom is 0.219 e. The Labute approximate surface area is 112 Å². The number of benzene rings is 2. The van der Waals surface area contributed by atoms with Crippen LogP contribution in [0.5, 0.6) is 0 Å². The van der Waals surface area contributed by atoms with Crippen molar-refractivity contribution in [1.29, 1.82) is 0 Å². The van der Waals surface area contributed by atoms with Crippen molar-refractivity contribution in [3.63, 3.8) is 0 Å². The van der Waals surface area contributed by atoms with Crippen LogP contribution < -0.4 is 0 Å². The molecule has 0 unspecified atom stereocenters. The van der Waals surface area contributed by atoms with E-state index in [0.717, 1.165) is 21.4 Å². The molecule has 0 aliphatic heterocycles. The SMILES string of the molecule is Cc1ccc([N+]([O-])=Cc2ccc(Cl)cc2)c(C)c1. The van der Waals surface area contributed by atoms with Crippen molar-refractivity contribution >= 4 is 23.5 Å². The van der Waals surface area contributed by atoms with E-state index in [0.29, 0.717) is 10.7 Å². The third kappa shape index (κ3) is 2.90. The van der Waals surface area contributed by atoms with Crippen LogP contribution in [0, 0.1) is 19.1 Å². The molecule has 0 aliphatic carbocycles. The van der Waals surface area contributed by atoms with Crippen LogP contribution in [0.15, 0.2) is 42.5 Å². The summed E-state index contributed by atoms with van der Waals surface area (Å²) in [6, 6.07) is 12.9. The van der Waals surface area contributed by atoms with Crippen LogP contribution in [0.25, 0.3) is 0 Å². The van der Waals surface area contributed by atoms with Gasteiger partial charge in [-0.05, 0) is 44.2 Å². The monoisotopic (exact) mass is 259 g/mol. The minimum absolute atomic E-state index is 0.663. The van der Waals surface area contributed by atoms with Crippen molar-refractivity contribution in [3.05, 3.63) is 69.4 Å². The molecule has 0 aromatic heterocycles. The summed E-state index contributed by atoms with van der Waals surface area (Å²) >= 11 is 5.80. The molecule has 0 saturated heterocycles. The summed E-state index contributed by atoms with van der Waals surface area (Å²) in [6.45, 7) is 3.94. The van der Waals surface area contributed by atoms with Crippen LogP contribution in [0.3, 0.4) is 0 Å². The Morgan fingerprint density at radius 3 is 2.33 bits per heavy atom. The summed E-state index contributed by atoms with van der Waals surface area (Å²) in [5.41, 5.74) is 3.61. The maximum atomic E-state index is 12.1. The lowest BCUT2D eigenvalue weighted by Gasteiger charge is -2.06. The number of hydrogen-bond donors (Lipinski definition) is 0.